The van der Waals surface area contributed by atoms with E-state index >= 15 is 0 Å². The first-order valence-corrected chi connectivity index (χ1v) is 12.4. The van der Waals surface area contributed by atoms with E-state index in [1.807, 2.05) is 18.2 Å². The third-order valence-electron chi connectivity index (χ3n) is 6.32. The lowest BCUT2D eigenvalue weighted by Gasteiger charge is -2.33. The average molecular weight is 466 g/mol. The highest BCUT2D eigenvalue weighted by Crippen LogP contribution is 2.25. The molecule has 3 nitrogen and oxygen atoms in total. The van der Waals surface area contributed by atoms with Crippen LogP contribution < -0.4 is 5.32 Å². The van der Waals surface area contributed by atoms with Gasteiger partial charge in [0.15, 0.2) is 5.11 Å². The van der Waals surface area contributed by atoms with Gasteiger partial charge < -0.3 is 15.2 Å². The second kappa shape index (κ2) is 11.0. The minimum absolute atomic E-state index is 0.471. The van der Waals surface area contributed by atoms with Crippen molar-refractivity contribution in [2.24, 2.45) is 0 Å². The number of nitrogens with one attached hydrogen (secondary N) is 2. The van der Waals surface area contributed by atoms with Gasteiger partial charge in [-0.05, 0) is 67.9 Å². The molecule has 1 saturated carbocycles. The first kappa shape index (κ1) is 22.9. The van der Waals surface area contributed by atoms with Crippen LogP contribution in [0.2, 0.25) is 5.02 Å². The summed E-state index contributed by atoms with van der Waals surface area (Å²) in [6.07, 6.45) is 8.40. The van der Waals surface area contributed by atoms with Gasteiger partial charge in [0.05, 0.1) is 6.54 Å². The van der Waals surface area contributed by atoms with Gasteiger partial charge in [0.2, 0.25) is 0 Å². The van der Waals surface area contributed by atoms with Crippen LogP contribution >= 0.6 is 23.8 Å². The topological polar surface area (TPSA) is 31.1 Å². The molecule has 3 aromatic rings. The molecule has 1 aliphatic carbocycles. The molecule has 1 aliphatic rings. The normalized spacial score (nSPS) is 14.7. The van der Waals surface area contributed by atoms with Crippen molar-refractivity contribution < 1.29 is 0 Å². The van der Waals surface area contributed by atoms with Crippen molar-refractivity contribution in [1.82, 2.24) is 9.88 Å². The summed E-state index contributed by atoms with van der Waals surface area (Å²) in [6.45, 7) is 2.89. The highest BCUT2D eigenvalue weighted by atomic mass is 35.5. The maximum Gasteiger partial charge on any atom is 0.174 e. The second-order valence-electron chi connectivity index (χ2n) is 8.85. The van der Waals surface area contributed by atoms with E-state index in [-0.39, 0.29) is 0 Å². The number of H-pyrrole nitrogens is 1. The van der Waals surface area contributed by atoms with Gasteiger partial charge in [-0.15, -0.1) is 0 Å². The summed E-state index contributed by atoms with van der Waals surface area (Å²) in [5.74, 6) is 0. The molecule has 32 heavy (non-hydrogen) atoms. The molecule has 4 rings (SSSR count). The molecule has 0 amide bonds. The number of nitrogens with zero attached hydrogens (tertiary/aromatic N) is 1. The molecule has 2 aromatic carbocycles. The lowest BCUT2D eigenvalue weighted by Crippen LogP contribution is -2.42. The standard InChI is InChI=1S/C27H32ClN3S/c1-20-12-14-22(15-13-20)30-27(32)31(25-9-4-2-3-5-10-25)19-24-17-16-23(29-24)18-21-8-6-7-11-26(21)28/h6-8,11-17,25,29H,2-5,9-10,18-19H2,1H3,(H,30,32). The molecule has 5 heteroatoms. The Balaban J connectivity index is 1.49. The van der Waals surface area contributed by atoms with E-state index in [1.54, 1.807) is 0 Å². The van der Waals surface area contributed by atoms with Crippen molar-refractivity contribution >= 4 is 34.6 Å². The molecule has 0 radical (unpaired) electrons. The van der Waals surface area contributed by atoms with E-state index in [1.165, 1.54) is 55.5 Å². The summed E-state index contributed by atoms with van der Waals surface area (Å²) in [4.78, 5) is 6.01. The number of aryl methyl sites for hydroxylation is 1. The van der Waals surface area contributed by atoms with E-state index in [0.717, 1.165) is 34.4 Å². The minimum atomic E-state index is 0.471. The predicted molar refractivity (Wildman–Crippen MR) is 139 cm³/mol. The van der Waals surface area contributed by atoms with Crippen molar-refractivity contribution in [3.8, 4) is 0 Å². The first-order chi connectivity index (χ1) is 15.6. The van der Waals surface area contributed by atoms with Crippen molar-refractivity contribution in [2.75, 3.05) is 5.32 Å². The smallest absolute Gasteiger partial charge is 0.174 e. The second-order valence-corrected chi connectivity index (χ2v) is 9.64. The van der Waals surface area contributed by atoms with E-state index < -0.39 is 0 Å². The van der Waals surface area contributed by atoms with Crippen LogP contribution in [0.4, 0.5) is 5.69 Å². The Hall–Kier alpha value is -2.30. The van der Waals surface area contributed by atoms with Crippen LogP contribution in [0.25, 0.3) is 0 Å². The Morgan fingerprint density at radius 1 is 0.969 bits per heavy atom. The minimum Gasteiger partial charge on any atom is -0.361 e. The van der Waals surface area contributed by atoms with Crippen molar-refractivity contribution in [3.05, 3.63) is 88.2 Å². The predicted octanol–water partition coefficient (Wildman–Crippen LogP) is 7.49. The lowest BCUT2D eigenvalue weighted by atomic mass is 10.1. The zero-order valence-corrected chi connectivity index (χ0v) is 20.3. The number of benzene rings is 2. The molecule has 0 spiro atoms. The Bertz CT molecular complexity index is 1020. The number of halogens is 1. The van der Waals surface area contributed by atoms with Crippen molar-refractivity contribution in [2.45, 2.75) is 64.5 Å². The van der Waals surface area contributed by atoms with Gasteiger partial charge in [0.25, 0.3) is 0 Å². The van der Waals surface area contributed by atoms with Crippen LogP contribution in [0, 0.1) is 6.92 Å². The van der Waals surface area contributed by atoms with Crippen LogP contribution in [0.1, 0.15) is 61.0 Å². The molecular weight excluding hydrogens is 434 g/mol. The molecule has 0 aliphatic heterocycles. The fourth-order valence-corrected chi connectivity index (χ4v) is 5.02. The van der Waals surface area contributed by atoms with E-state index in [9.17, 15) is 0 Å². The van der Waals surface area contributed by atoms with Crippen molar-refractivity contribution in [3.63, 3.8) is 0 Å². The van der Waals surface area contributed by atoms with E-state index in [2.05, 4.69) is 64.6 Å². The summed E-state index contributed by atoms with van der Waals surface area (Å²) in [6, 6.07) is 21.3. The Morgan fingerprint density at radius 2 is 1.66 bits per heavy atom. The number of hydrogen-bond acceptors (Lipinski definition) is 1. The van der Waals surface area contributed by atoms with Gasteiger partial charge >= 0.3 is 0 Å². The summed E-state index contributed by atoms with van der Waals surface area (Å²) < 4.78 is 0. The van der Waals surface area contributed by atoms with Gasteiger partial charge in [-0.25, -0.2) is 0 Å². The molecule has 0 atom stereocenters. The van der Waals surface area contributed by atoms with Crippen LogP contribution in [-0.4, -0.2) is 21.0 Å². The molecule has 0 bridgehead atoms. The highest BCUT2D eigenvalue weighted by molar-refractivity contribution is 7.80. The van der Waals surface area contributed by atoms with Crippen LogP contribution in [0.3, 0.4) is 0 Å². The fraction of sp³-hybridized carbons (Fsp3) is 0.370. The largest absolute Gasteiger partial charge is 0.361 e. The van der Waals surface area contributed by atoms with Crippen LogP contribution in [0.15, 0.2) is 60.7 Å². The Kier molecular flexibility index (Phi) is 7.88. The summed E-state index contributed by atoms with van der Waals surface area (Å²) >= 11 is 12.3. The fourth-order valence-electron chi connectivity index (χ4n) is 4.48. The molecule has 1 heterocycles. The molecule has 0 unspecified atom stereocenters. The molecule has 0 saturated heterocycles. The third kappa shape index (κ3) is 6.14. The number of aromatic amines is 1. The Labute approximate surface area is 202 Å². The van der Waals surface area contributed by atoms with E-state index in [4.69, 9.17) is 23.8 Å². The Morgan fingerprint density at radius 3 is 2.38 bits per heavy atom. The number of aromatic nitrogens is 1. The number of thiocarbonyl (C=S) groups is 1. The zero-order chi connectivity index (χ0) is 22.3. The van der Waals surface area contributed by atoms with Gasteiger partial charge in [0.1, 0.15) is 0 Å². The van der Waals surface area contributed by atoms with Gasteiger partial charge in [-0.3, -0.25) is 0 Å². The van der Waals surface area contributed by atoms with Gasteiger partial charge in [-0.1, -0.05) is 73.2 Å². The maximum absolute atomic E-state index is 6.36. The monoisotopic (exact) mass is 465 g/mol. The zero-order valence-electron chi connectivity index (χ0n) is 18.7. The maximum atomic E-state index is 6.36. The molecule has 1 aromatic heterocycles. The SMILES string of the molecule is Cc1ccc(NC(=S)N(Cc2ccc(Cc3ccccc3Cl)[nH]2)C2CCCCCC2)cc1. The van der Waals surface area contributed by atoms with Crippen molar-refractivity contribution in [1.29, 1.82) is 0 Å². The highest BCUT2D eigenvalue weighted by Gasteiger charge is 2.23. The summed E-state index contributed by atoms with van der Waals surface area (Å²) in [7, 11) is 0. The quantitative estimate of drug-likeness (QED) is 0.292. The number of anilines is 1. The molecule has 168 valence electrons. The third-order valence-corrected chi connectivity index (χ3v) is 7.02. The summed E-state index contributed by atoms with van der Waals surface area (Å²) in [5, 5.41) is 5.11. The van der Waals surface area contributed by atoms with Crippen LogP contribution in [-0.2, 0) is 13.0 Å². The lowest BCUT2D eigenvalue weighted by molar-refractivity contribution is 0.278. The van der Waals surface area contributed by atoms with Gasteiger partial charge in [0, 0.05) is 34.6 Å². The van der Waals surface area contributed by atoms with Crippen LogP contribution in [0.5, 0.6) is 0 Å². The van der Waals surface area contributed by atoms with Gasteiger partial charge in [-0.2, -0.15) is 0 Å². The first-order valence-electron chi connectivity index (χ1n) is 11.6. The number of rotatable bonds is 6. The molecule has 1 fully saturated rings. The van der Waals surface area contributed by atoms with E-state index in [0.29, 0.717) is 6.04 Å². The average Bonchev–Trinajstić information content (AvgIpc) is 3.05. The molecule has 2 N–H and O–H groups in total. The molecular formula is C27H32ClN3S. The number of hydrogen-bond donors (Lipinski definition) is 2. The summed E-state index contributed by atoms with van der Waals surface area (Å²) in [5.41, 5.74) is 5.79.